The Hall–Kier alpha value is -2.24. The maximum atomic E-state index is 11.9. The van der Waals surface area contributed by atoms with Gasteiger partial charge in [0, 0.05) is 11.8 Å². The third-order valence-corrected chi connectivity index (χ3v) is 2.37. The Morgan fingerprint density at radius 2 is 1.79 bits per heavy atom. The van der Waals surface area contributed by atoms with Crippen LogP contribution >= 0.6 is 0 Å². The number of nitrogens with zero attached hydrogens (tertiary/aromatic N) is 1. The molecular weight excluding hydrogens is 248 g/mol. The van der Waals surface area contributed by atoms with Gasteiger partial charge in [0.1, 0.15) is 0 Å². The average Bonchev–Trinajstić information content (AvgIpc) is 2.45. The fourth-order valence-electron chi connectivity index (χ4n) is 1.47. The second kappa shape index (κ2) is 7.25. The van der Waals surface area contributed by atoms with Crippen molar-refractivity contribution in [3.8, 4) is 17.2 Å². The van der Waals surface area contributed by atoms with Crippen molar-refractivity contribution in [2.45, 2.75) is 13.3 Å². The topological polar surface area (TPSA) is 69.2 Å². The molecule has 0 aromatic heterocycles. The summed E-state index contributed by atoms with van der Waals surface area (Å²) in [6, 6.07) is 3.14. The Morgan fingerprint density at radius 1 is 1.21 bits per heavy atom. The molecule has 1 N–H and O–H groups in total. The van der Waals surface area contributed by atoms with E-state index in [0.717, 1.165) is 6.42 Å². The van der Waals surface area contributed by atoms with Gasteiger partial charge < -0.3 is 14.2 Å². The number of hydrogen-bond donors (Lipinski definition) is 1. The maximum absolute atomic E-state index is 11.9. The van der Waals surface area contributed by atoms with Crippen molar-refractivity contribution < 1.29 is 19.0 Å². The first-order valence-electron chi connectivity index (χ1n) is 5.79. The van der Waals surface area contributed by atoms with E-state index in [4.69, 9.17) is 14.2 Å². The molecule has 0 spiro atoms. The van der Waals surface area contributed by atoms with E-state index in [1.54, 1.807) is 18.3 Å². The highest BCUT2D eigenvalue weighted by Gasteiger charge is 2.16. The fraction of sp³-hybridized carbons (Fsp3) is 0.385. The third kappa shape index (κ3) is 3.61. The number of hydrogen-bond acceptors (Lipinski definition) is 5. The Balaban J connectivity index is 3.08. The molecule has 0 atom stereocenters. The van der Waals surface area contributed by atoms with Crippen LogP contribution in [0.3, 0.4) is 0 Å². The lowest BCUT2D eigenvalue weighted by atomic mass is 10.1. The summed E-state index contributed by atoms with van der Waals surface area (Å²) in [5, 5.41) is 3.78. The average molecular weight is 266 g/mol. The molecule has 1 aromatic rings. The summed E-state index contributed by atoms with van der Waals surface area (Å²) in [6.07, 6.45) is 2.35. The number of ether oxygens (including phenoxy) is 3. The molecule has 0 saturated carbocycles. The number of nitrogens with one attached hydrogen (secondary N) is 1. The van der Waals surface area contributed by atoms with Crippen LogP contribution in [0.5, 0.6) is 17.2 Å². The van der Waals surface area contributed by atoms with Crippen molar-refractivity contribution in [1.29, 1.82) is 0 Å². The standard InChI is InChI=1S/C13H18N2O4/c1-5-6-14-15-13(16)9-7-10(17-2)12(19-4)11(8-9)18-3/h6-8H,5H2,1-4H3,(H,15,16)/b14-6+. The second-order valence-corrected chi connectivity index (χ2v) is 3.57. The number of hydrazone groups is 1. The molecule has 1 amide bonds. The molecule has 6 heteroatoms. The lowest BCUT2D eigenvalue weighted by molar-refractivity contribution is 0.0954. The van der Waals surface area contributed by atoms with Crippen LogP contribution in [0.25, 0.3) is 0 Å². The molecule has 0 radical (unpaired) electrons. The first kappa shape index (κ1) is 14.8. The van der Waals surface area contributed by atoms with Crippen molar-refractivity contribution in [2.24, 2.45) is 5.10 Å². The highest BCUT2D eigenvalue weighted by molar-refractivity contribution is 5.95. The summed E-state index contributed by atoms with van der Waals surface area (Å²) in [7, 11) is 4.49. The first-order valence-corrected chi connectivity index (χ1v) is 5.79. The van der Waals surface area contributed by atoms with Crippen molar-refractivity contribution in [2.75, 3.05) is 21.3 Å². The minimum absolute atomic E-state index is 0.344. The Morgan fingerprint density at radius 3 is 2.21 bits per heavy atom. The van der Waals surface area contributed by atoms with Gasteiger partial charge in [-0.1, -0.05) is 6.92 Å². The summed E-state index contributed by atoms with van der Waals surface area (Å²) >= 11 is 0. The van der Waals surface area contributed by atoms with Gasteiger partial charge in [-0.2, -0.15) is 5.10 Å². The molecule has 1 rings (SSSR count). The van der Waals surface area contributed by atoms with E-state index >= 15 is 0 Å². The summed E-state index contributed by atoms with van der Waals surface area (Å²) < 4.78 is 15.5. The van der Waals surface area contributed by atoms with E-state index < -0.39 is 0 Å². The van der Waals surface area contributed by atoms with Crippen LogP contribution < -0.4 is 19.6 Å². The van der Waals surface area contributed by atoms with Crippen LogP contribution in [0.1, 0.15) is 23.7 Å². The molecule has 1 aromatic carbocycles. The SMILES string of the molecule is CC/C=N/NC(=O)c1cc(OC)c(OC)c(OC)c1. The van der Waals surface area contributed by atoms with E-state index in [-0.39, 0.29) is 5.91 Å². The van der Waals surface area contributed by atoms with Gasteiger partial charge in [0.15, 0.2) is 11.5 Å². The zero-order valence-corrected chi connectivity index (χ0v) is 11.5. The minimum Gasteiger partial charge on any atom is -0.493 e. The highest BCUT2D eigenvalue weighted by atomic mass is 16.5. The van der Waals surface area contributed by atoms with Crippen molar-refractivity contribution in [3.63, 3.8) is 0 Å². The quantitative estimate of drug-likeness (QED) is 0.630. The number of rotatable bonds is 6. The molecule has 0 aliphatic rings. The van der Waals surface area contributed by atoms with Gasteiger partial charge in [-0.05, 0) is 18.6 Å². The number of amides is 1. The van der Waals surface area contributed by atoms with Gasteiger partial charge in [0.2, 0.25) is 5.75 Å². The van der Waals surface area contributed by atoms with Crippen LogP contribution in [-0.2, 0) is 0 Å². The van der Waals surface area contributed by atoms with E-state index in [1.165, 1.54) is 21.3 Å². The number of carbonyl (C=O) groups is 1. The second-order valence-electron chi connectivity index (χ2n) is 3.57. The Kier molecular flexibility index (Phi) is 5.66. The summed E-state index contributed by atoms with van der Waals surface area (Å²) in [5.41, 5.74) is 2.80. The molecule has 0 saturated heterocycles. The molecule has 104 valence electrons. The van der Waals surface area contributed by atoms with Crippen LogP contribution in [0, 0.1) is 0 Å². The Labute approximate surface area is 112 Å². The Bertz CT molecular complexity index is 447. The summed E-state index contributed by atoms with van der Waals surface area (Å²) in [5.74, 6) is 0.945. The van der Waals surface area contributed by atoms with E-state index in [0.29, 0.717) is 22.8 Å². The molecule has 19 heavy (non-hydrogen) atoms. The van der Waals surface area contributed by atoms with E-state index in [2.05, 4.69) is 10.5 Å². The van der Waals surface area contributed by atoms with Crippen molar-refractivity contribution in [3.05, 3.63) is 17.7 Å². The highest BCUT2D eigenvalue weighted by Crippen LogP contribution is 2.38. The number of methoxy groups -OCH3 is 3. The predicted octanol–water partition coefficient (Wildman–Crippen LogP) is 1.84. The lowest BCUT2D eigenvalue weighted by Crippen LogP contribution is -2.17. The molecule has 0 bridgehead atoms. The van der Waals surface area contributed by atoms with Gasteiger partial charge in [0.25, 0.3) is 5.91 Å². The maximum Gasteiger partial charge on any atom is 0.271 e. The van der Waals surface area contributed by atoms with Gasteiger partial charge in [-0.25, -0.2) is 5.43 Å². The lowest BCUT2D eigenvalue weighted by Gasteiger charge is -2.13. The zero-order valence-electron chi connectivity index (χ0n) is 11.5. The molecule has 6 nitrogen and oxygen atoms in total. The van der Waals surface area contributed by atoms with Crippen LogP contribution in [0.4, 0.5) is 0 Å². The van der Waals surface area contributed by atoms with Gasteiger partial charge in [-0.15, -0.1) is 0 Å². The largest absolute Gasteiger partial charge is 0.493 e. The summed E-state index contributed by atoms with van der Waals surface area (Å²) in [4.78, 5) is 11.9. The monoisotopic (exact) mass is 266 g/mol. The zero-order chi connectivity index (χ0) is 14.3. The molecule has 0 heterocycles. The minimum atomic E-state index is -0.344. The smallest absolute Gasteiger partial charge is 0.271 e. The first-order chi connectivity index (χ1) is 9.17. The molecule has 0 aliphatic heterocycles. The van der Waals surface area contributed by atoms with Crippen LogP contribution in [0.2, 0.25) is 0 Å². The fourth-order valence-corrected chi connectivity index (χ4v) is 1.47. The molecule has 0 fully saturated rings. The van der Waals surface area contributed by atoms with Gasteiger partial charge in [-0.3, -0.25) is 4.79 Å². The van der Waals surface area contributed by atoms with Gasteiger partial charge >= 0.3 is 0 Å². The van der Waals surface area contributed by atoms with E-state index in [1.807, 2.05) is 6.92 Å². The van der Waals surface area contributed by atoms with Crippen molar-refractivity contribution in [1.82, 2.24) is 5.43 Å². The summed E-state index contributed by atoms with van der Waals surface area (Å²) in [6.45, 7) is 1.93. The molecule has 0 unspecified atom stereocenters. The predicted molar refractivity (Wildman–Crippen MR) is 72.3 cm³/mol. The normalized spacial score (nSPS) is 10.3. The van der Waals surface area contributed by atoms with Crippen LogP contribution in [-0.4, -0.2) is 33.5 Å². The van der Waals surface area contributed by atoms with Crippen molar-refractivity contribution >= 4 is 12.1 Å². The van der Waals surface area contributed by atoms with E-state index in [9.17, 15) is 4.79 Å². The van der Waals surface area contributed by atoms with Gasteiger partial charge in [0.05, 0.1) is 21.3 Å². The molecule has 0 aliphatic carbocycles. The van der Waals surface area contributed by atoms with Crippen LogP contribution in [0.15, 0.2) is 17.2 Å². The molecular formula is C13H18N2O4. The number of benzene rings is 1. The third-order valence-electron chi connectivity index (χ3n) is 2.37. The number of carbonyl (C=O) groups excluding carboxylic acids is 1.